The number of nitrogens with zero attached hydrogens (tertiary/aromatic N) is 2. The molecule has 0 radical (unpaired) electrons. The summed E-state index contributed by atoms with van der Waals surface area (Å²) in [6.45, 7) is 0.896. The standard InChI is InChI=1S/C23H26N2O5/c1-24(2)12-13-25-20(17-10-5-6-11-18(17)30-4)19(22(27)23(25)28)21(26)15-8-7-9-16(14-15)29-3/h5-11,14,20,26H,12-13H2,1-4H3. The summed E-state index contributed by atoms with van der Waals surface area (Å²) in [5.74, 6) is -0.525. The van der Waals surface area contributed by atoms with Gasteiger partial charge in [0.1, 0.15) is 17.3 Å². The number of carbonyl (C=O) groups is 2. The van der Waals surface area contributed by atoms with Crippen LogP contribution in [0.25, 0.3) is 5.76 Å². The summed E-state index contributed by atoms with van der Waals surface area (Å²) >= 11 is 0. The maximum Gasteiger partial charge on any atom is 0.295 e. The highest BCUT2D eigenvalue weighted by molar-refractivity contribution is 6.46. The van der Waals surface area contributed by atoms with Gasteiger partial charge in [-0.1, -0.05) is 30.3 Å². The van der Waals surface area contributed by atoms with Gasteiger partial charge in [0.25, 0.3) is 11.7 Å². The van der Waals surface area contributed by atoms with Crippen LogP contribution in [0.1, 0.15) is 17.2 Å². The number of aliphatic hydroxyl groups is 1. The molecule has 0 spiro atoms. The Bertz CT molecular complexity index is 983. The van der Waals surface area contributed by atoms with Crippen LogP contribution in [0.4, 0.5) is 0 Å². The summed E-state index contributed by atoms with van der Waals surface area (Å²) in [5, 5.41) is 11.1. The zero-order valence-electron chi connectivity index (χ0n) is 17.6. The largest absolute Gasteiger partial charge is 0.507 e. The molecule has 1 aliphatic rings. The zero-order chi connectivity index (χ0) is 21.8. The number of hydrogen-bond acceptors (Lipinski definition) is 6. The van der Waals surface area contributed by atoms with E-state index in [9.17, 15) is 14.7 Å². The number of amides is 1. The van der Waals surface area contributed by atoms with Crippen molar-refractivity contribution in [2.24, 2.45) is 0 Å². The fourth-order valence-electron chi connectivity index (χ4n) is 3.56. The molecule has 158 valence electrons. The predicted molar refractivity (Wildman–Crippen MR) is 114 cm³/mol. The Balaban J connectivity index is 2.20. The molecule has 0 aliphatic carbocycles. The minimum Gasteiger partial charge on any atom is -0.507 e. The van der Waals surface area contributed by atoms with Gasteiger partial charge in [-0.2, -0.15) is 0 Å². The van der Waals surface area contributed by atoms with Crippen LogP contribution in [-0.2, 0) is 9.59 Å². The van der Waals surface area contributed by atoms with Crippen LogP contribution in [0.5, 0.6) is 11.5 Å². The lowest BCUT2D eigenvalue weighted by atomic mass is 9.94. The van der Waals surface area contributed by atoms with Gasteiger partial charge < -0.3 is 24.4 Å². The van der Waals surface area contributed by atoms with Gasteiger partial charge >= 0.3 is 0 Å². The van der Waals surface area contributed by atoms with Gasteiger partial charge in [0.05, 0.1) is 25.8 Å². The number of Topliss-reactive ketones (excluding diaryl/α,β-unsaturated/α-hetero) is 1. The highest BCUT2D eigenvalue weighted by Gasteiger charge is 2.46. The van der Waals surface area contributed by atoms with E-state index < -0.39 is 17.7 Å². The summed E-state index contributed by atoms with van der Waals surface area (Å²) in [6.07, 6.45) is 0. The number of ether oxygens (including phenoxy) is 2. The first kappa shape index (κ1) is 21.4. The lowest BCUT2D eigenvalue weighted by Crippen LogP contribution is -2.35. The van der Waals surface area contributed by atoms with E-state index in [2.05, 4.69) is 0 Å². The predicted octanol–water partition coefficient (Wildman–Crippen LogP) is 2.69. The molecule has 1 saturated heterocycles. The number of ketones is 1. The van der Waals surface area contributed by atoms with Gasteiger partial charge in [0, 0.05) is 24.2 Å². The fraction of sp³-hybridized carbons (Fsp3) is 0.304. The Hall–Kier alpha value is -3.32. The molecule has 1 amide bonds. The summed E-state index contributed by atoms with van der Waals surface area (Å²) in [6, 6.07) is 13.2. The first-order chi connectivity index (χ1) is 14.4. The van der Waals surface area contributed by atoms with Crippen molar-refractivity contribution >= 4 is 17.4 Å². The number of likely N-dealkylation sites (N-methyl/N-ethyl adjacent to an activating group) is 1. The molecule has 1 aliphatic heterocycles. The number of methoxy groups -OCH3 is 2. The second-order valence-corrected chi connectivity index (χ2v) is 7.27. The first-order valence-corrected chi connectivity index (χ1v) is 9.59. The molecule has 1 unspecified atom stereocenters. The number of carbonyl (C=O) groups excluding carboxylic acids is 2. The van der Waals surface area contributed by atoms with E-state index in [1.807, 2.05) is 31.1 Å². The topological polar surface area (TPSA) is 79.3 Å². The first-order valence-electron chi connectivity index (χ1n) is 9.59. The molecule has 0 aromatic heterocycles. The van der Waals surface area contributed by atoms with Gasteiger partial charge in [-0.15, -0.1) is 0 Å². The quantitative estimate of drug-likeness (QED) is 0.430. The molecule has 0 saturated carbocycles. The zero-order valence-corrected chi connectivity index (χ0v) is 17.6. The van der Waals surface area contributed by atoms with Crippen molar-refractivity contribution in [2.75, 3.05) is 41.4 Å². The van der Waals surface area contributed by atoms with E-state index in [1.165, 1.54) is 19.1 Å². The Morgan fingerprint density at radius 1 is 1.07 bits per heavy atom. The van der Waals surface area contributed by atoms with Crippen molar-refractivity contribution in [1.82, 2.24) is 9.80 Å². The molecule has 30 heavy (non-hydrogen) atoms. The third kappa shape index (κ3) is 4.02. The lowest BCUT2D eigenvalue weighted by Gasteiger charge is -2.27. The molecule has 1 N–H and O–H groups in total. The Labute approximate surface area is 176 Å². The SMILES string of the molecule is COc1cccc(C(O)=C2C(=O)C(=O)N(CCN(C)C)C2c2ccccc2OC)c1. The molecule has 1 fully saturated rings. The van der Waals surface area contributed by atoms with Crippen molar-refractivity contribution in [2.45, 2.75) is 6.04 Å². The van der Waals surface area contributed by atoms with Crippen LogP contribution in [0, 0.1) is 0 Å². The number of rotatable bonds is 7. The minimum atomic E-state index is -0.757. The number of benzene rings is 2. The highest BCUT2D eigenvalue weighted by Crippen LogP contribution is 2.42. The molecule has 2 aromatic carbocycles. The van der Waals surface area contributed by atoms with E-state index in [4.69, 9.17) is 9.47 Å². The Kier molecular flexibility index (Phi) is 6.42. The lowest BCUT2D eigenvalue weighted by molar-refractivity contribution is -0.140. The minimum absolute atomic E-state index is 0.0384. The van der Waals surface area contributed by atoms with E-state index in [0.29, 0.717) is 35.7 Å². The van der Waals surface area contributed by atoms with Gasteiger partial charge in [-0.05, 0) is 32.3 Å². The third-order valence-electron chi connectivity index (χ3n) is 5.10. The monoisotopic (exact) mass is 410 g/mol. The van der Waals surface area contributed by atoms with E-state index in [1.54, 1.807) is 36.4 Å². The molecule has 7 nitrogen and oxygen atoms in total. The van der Waals surface area contributed by atoms with Gasteiger partial charge in [-0.25, -0.2) is 0 Å². The molecular weight excluding hydrogens is 384 g/mol. The summed E-state index contributed by atoms with van der Waals surface area (Å²) in [4.78, 5) is 29.4. The van der Waals surface area contributed by atoms with Crippen molar-refractivity contribution < 1.29 is 24.2 Å². The second kappa shape index (κ2) is 9.00. The van der Waals surface area contributed by atoms with Crippen LogP contribution in [0.3, 0.4) is 0 Å². The Morgan fingerprint density at radius 2 is 1.80 bits per heavy atom. The normalized spacial score (nSPS) is 18.2. The summed E-state index contributed by atoms with van der Waals surface area (Å²) in [7, 11) is 6.84. The highest BCUT2D eigenvalue weighted by atomic mass is 16.5. The van der Waals surface area contributed by atoms with Crippen molar-refractivity contribution in [3.05, 3.63) is 65.2 Å². The van der Waals surface area contributed by atoms with Crippen LogP contribution in [0.2, 0.25) is 0 Å². The molecule has 0 bridgehead atoms. The third-order valence-corrected chi connectivity index (χ3v) is 5.10. The van der Waals surface area contributed by atoms with Crippen LogP contribution < -0.4 is 9.47 Å². The van der Waals surface area contributed by atoms with E-state index >= 15 is 0 Å². The Morgan fingerprint density at radius 3 is 2.47 bits per heavy atom. The molecule has 3 rings (SSSR count). The summed E-state index contributed by atoms with van der Waals surface area (Å²) < 4.78 is 10.7. The van der Waals surface area contributed by atoms with Crippen LogP contribution in [-0.4, -0.2) is 68.0 Å². The van der Waals surface area contributed by atoms with Crippen molar-refractivity contribution in [3.63, 3.8) is 0 Å². The molecule has 1 atom stereocenters. The van der Waals surface area contributed by atoms with Gasteiger partial charge in [0.15, 0.2) is 0 Å². The maximum atomic E-state index is 13.0. The van der Waals surface area contributed by atoms with Gasteiger partial charge in [-0.3, -0.25) is 9.59 Å². The fourth-order valence-corrected chi connectivity index (χ4v) is 3.56. The van der Waals surface area contributed by atoms with Crippen molar-refractivity contribution in [1.29, 1.82) is 0 Å². The number of likely N-dealkylation sites (tertiary alicyclic amines) is 1. The van der Waals surface area contributed by atoms with Gasteiger partial charge in [0.2, 0.25) is 0 Å². The number of hydrogen-bond donors (Lipinski definition) is 1. The van der Waals surface area contributed by atoms with Crippen LogP contribution >= 0.6 is 0 Å². The number of aliphatic hydroxyl groups excluding tert-OH is 1. The average Bonchev–Trinajstić information content (AvgIpc) is 3.01. The molecule has 7 heteroatoms. The average molecular weight is 410 g/mol. The molecule has 1 heterocycles. The van der Waals surface area contributed by atoms with Crippen molar-refractivity contribution in [3.8, 4) is 11.5 Å². The smallest absolute Gasteiger partial charge is 0.295 e. The molecule has 2 aromatic rings. The van der Waals surface area contributed by atoms with E-state index in [0.717, 1.165) is 0 Å². The van der Waals surface area contributed by atoms with E-state index in [-0.39, 0.29) is 11.3 Å². The summed E-state index contributed by atoms with van der Waals surface area (Å²) in [5.41, 5.74) is 1.08. The molecular formula is C23H26N2O5. The maximum absolute atomic E-state index is 13.0. The van der Waals surface area contributed by atoms with Crippen LogP contribution in [0.15, 0.2) is 54.1 Å². The second-order valence-electron chi connectivity index (χ2n) is 7.27. The number of para-hydroxylation sites is 1.